The van der Waals surface area contributed by atoms with E-state index in [2.05, 4.69) is 28.8 Å². The number of carboxylic acids is 1. The molecule has 1 atom stereocenters. The maximum atomic E-state index is 11.0. The zero-order valence-electron chi connectivity index (χ0n) is 11.9. The van der Waals surface area contributed by atoms with Gasteiger partial charge in [-0.05, 0) is 30.4 Å². The van der Waals surface area contributed by atoms with Crippen molar-refractivity contribution in [1.82, 2.24) is 4.57 Å². The Morgan fingerprint density at radius 3 is 2.75 bits per heavy atom. The number of carbonyl (C=O) groups is 1. The second kappa shape index (κ2) is 5.31. The zero-order valence-corrected chi connectivity index (χ0v) is 11.9. The molecule has 0 bridgehead atoms. The standard InChI is InChI=1S/C17H21NO2/c1-12(10-17(19)20)16-11-13-6-2-5-9-15(13)18(16)14-7-3-4-8-14/h2,5-6,9,11-12,14H,3-4,7-8,10H2,1H3,(H,19,20). The van der Waals surface area contributed by atoms with Gasteiger partial charge in [-0.25, -0.2) is 0 Å². The molecule has 1 fully saturated rings. The van der Waals surface area contributed by atoms with Gasteiger partial charge in [-0.2, -0.15) is 0 Å². The van der Waals surface area contributed by atoms with Crippen LogP contribution in [0.2, 0.25) is 0 Å². The lowest BCUT2D eigenvalue weighted by molar-refractivity contribution is -0.137. The van der Waals surface area contributed by atoms with Gasteiger partial charge in [0.25, 0.3) is 0 Å². The summed E-state index contributed by atoms with van der Waals surface area (Å²) in [6.07, 6.45) is 5.19. The molecule has 1 N–H and O–H groups in total. The molecular weight excluding hydrogens is 250 g/mol. The van der Waals surface area contributed by atoms with Crippen molar-refractivity contribution in [3.63, 3.8) is 0 Å². The highest BCUT2D eigenvalue weighted by Gasteiger charge is 2.24. The molecule has 0 amide bonds. The van der Waals surface area contributed by atoms with E-state index in [1.165, 1.54) is 42.3 Å². The predicted octanol–water partition coefficient (Wildman–Crippen LogP) is 4.33. The van der Waals surface area contributed by atoms with Crippen LogP contribution in [0.5, 0.6) is 0 Å². The first-order valence-electron chi connectivity index (χ1n) is 7.48. The molecule has 3 rings (SSSR count). The van der Waals surface area contributed by atoms with Crippen LogP contribution in [0.1, 0.15) is 56.7 Å². The maximum absolute atomic E-state index is 11.0. The molecule has 1 aliphatic carbocycles. The largest absolute Gasteiger partial charge is 0.481 e. The second-order valence-electron chi connectivity index (χ2n) is 5.94. The lowest BCUT2D eigenvalue weighted by Crippen LogP contribution is -2.12. The van der Waals surface area contributed by atoms with Gasteiger partial charge in [-0.15, -0.1) is 0 Å². The summed E-state index contributed by atoms with van der Waals surface area (Å²) in [5.74, 6) is -0.666. The summed E-state index contributed by atoms with van der Waals surface area (Å²) in [5, 5.41) is 10.3. The molecule has 1 aromatic carbocycles. The molecule has 20 heavy (non-hydrogen) atoms. The Bertz CT molecular complexity index is 623. The summed E-state index contributed by atoms with van der Waals surface area (Å²) in [5.41, 5.74) is 2.44. The fourth-order valence-electron chi connectivity index (χ4n) is 3.51. The van der Waals surface area contributed by atoms with Gasteiger partial charge in [0.2, 0.25) is 0 Å². The van der Waals surface area contributed by atoms with Crippen molar-refractivity contribution in [3.8, 4) is 0 Å². The average Bonchev–Trinajstić information content (AvgIpc) is 3.04. The van der Waals surface area contributed by atoms with Gasteiger partial charge >= 0.3 is 5.97 Å². The highest BCUT2D eigenvalue weighted by molar-refractivity contribution is 5.82. The number of fused-ring (bicyclic) bond motifs is 1. The summed E-state index contributed by atoms with van der Waals surface area (Å²) in [7, 11) is 0. The van der Waals surface area contributed by atoms with E-state index in [9.17, 15) is 4.79 Å². The van der Waals surface area contributed by atoms with Crippen molar-refractivity contribution >= 4 is 16.9 Å². The average molecular weight is 271 g/mol. The summed E-state index contributed by atoms with van der Waals surface area (Å²) in [6.45, 7) is 2.02. The first-order chi connectivity index (χ1) is 9.66. The van der Waals surface area contributed by atoms with E-state index in [4.69, 9.17) is 5.11 Å². The lowest BCUT2D eigenvalue weighted by atomic mass is 10.0. The number of rotatable bonds is 4. The number of hydrogen-bond acceptors (Lipinski definition) is 1. The van der Waals surface area contributed by atoms with Crippen molar-refractivity contribution in [2.24, 2.45) is 0 Å². The number of para-hydroxylation sites is 1. The van der Waals surface area contributed by atoms with E-state index in [1.807, 2.05) is 13.0 Å². The van der Waals surface area contributed by atoms with Gasteiger partial charge in [-0.1, -0.05) is 38.0 Å². The third kappa shape index (κ3) is 2.33. The zero-order chi connectivity index (χ0) is 14.1. The van der Waals surface area contributed by atoms with Crippen LogP contribution in [0.3, 0.4) is 0 Å². The Morgan fingerprint density at radius 2 is 2.05 bits per heavy atom. The third-order valence-electron chi connectivity index (χ3n) is 4.45. The van der Waals surface area contributed by atoms with Gasteiger partial charge in [0.05, 0.1) is 6.42 Å². The van der Waals surface area contributed by atoms with Crippen molar-refractivity contribution in [2.75, 3.05) is 0 Å². The Balaban J connectivity index is 2.09. The molecule has 3 nitrogen and oxygen atoms in total. The number of benzene rings is 1. The predicted molar refractivity (Wildman–Crippen MR) is 80.1 cm³/mol. The molecule has 2 aromatic rings. The summed E-state index contributed by atoms with van der Waals surface area (Å²) < 4.78 is 2.41. The van der Waals surface area contributed by atoms with Crippen molar-refractivity contribution in [1.29, 1.82) is 0 Å². The van der Waals surface area contributed by atoms with Crippen LogP contribution in [0.4, 0.5) is 0 Å². The van der Waals surface area contributed by atoms with E-state index in [-0.39, 0.29) is 12.3 Å². The molecule has 0 aliphatic heterocycles. The van der Waals surface area contributed by atoms with Crippen LogP contribution in [-0.4, -0.2) is 15.6 Å². The van der Waals surface area contributed by atoms with E-state index in [0.717, 1.165) is 0 Å². The number of aliphatic carboxylic acids is 1. The van der Waals surface area contributed by atoms with Crippen molar-refractivity contribution < 1.29 is 9.90 Å². The van der Waals surface area contributed by atoms with E-state index in [0.29, 0.717) is 6.04 Å². The minimum Gasteiger partial charge on any atom is -0.481 e. The molecule has 1 aliphatic rings. The SMILES string of the molecule is CC(CC(=O)O)c1cc2ccccc2n1C1CCCC1. The van der Waals surface area contributed by atoms with E-state index < -0.39 is 5.97 Å². The van der Waals surface area contributed by atoms with Crippen LogP contribution in [0.15, 0.2) is 30.3 Å². The Hall–Kier alpha value is -1.77. The van der Waals surface area contributed by atoms with Gasteiger partial charge in [-0.3, -0.25) is 4.79 Å². The molecule has 106 valence electrons. The monoisotopic (exact) mass is 271 g/mol. The van der Waals surface area contributed by atoms with Gasteiger partial charge < -0.3 is 9.67 Å². The molecule has 1 unspecified atom stereocenters. The molecule has 0 saturated heterocycles. The van der Waals surface area contributed by atoms with Gasteiger partial charge in [0.1, 0.15) is 0 Å². The molecule has 1 saturated carbocycles. The minimum atomic E-state index is -0.722. The fraction of sp³-hybridized carbons (Fsp3) is 0.471. The smallest absolute Gasteiger partial charge is 0.304 e. The molecule has 0 spiro atoms. The first kappa shape index (κ1) is 13.2. The van der Waals surface area contributed by atoms with Crippen LogP contribution in [0.25, 0.3) is 10.9 Å². The van der Waals surface area contributed by atoms with Crippen molar-refractivity contribution in [3.05, 3.63) is 36.0 Å². The Kier molecular flexibility index (Phi) is 3.51. The Labute approximate surface area is 119 Å². The number of nitrogens with zero attached hydrogens (tertiary/aromatic N) is 1. The number of carboxylic acid groups (broad SMARTS) is 1. The highest BCUT2D eigenvalue weighted by Crippen LogP contribution is 2.37. The van der Waals surface area contributed by atoms with Gasteiger partial charge in [0, 0.05) is 23.2 Å². The lowest BCUT2D eigenvalue weighted by Gasteiger charge is -2.20. The number of aromatic nitrogens is 1. The Morgan fingerprint density at radius 1 is 1.35 bits per heavy atom. The molecule has 1 aromatic heterocycles. The fourth-order valence-corrected chi connectivity index (χ4v) is 3.51. The molecular formula is C17H21NO2. The maximum Gasteiger partial charge on any atom is 0.304 e. The normalized spacial score (nSPS) is 17.6. The van der Waals surface area contributed by atoms with E-state index in [1.54, 1.807) is 0 Å². The second-order valence-corrected chi connectivity index (χ2v) is 5.94. The molecule has 0 radical (unpaired) electrons. The van der Waals surface area contributed by atoms with Crippen LogP contribution in [0, 0.1) is 0 Å². The quantitative estimate of drug-likeness (QED) is 0.899. The summed E-state index contributed by atoms with van der Waals surface area (Å²) >= 11 is 0. The van der Waals surface area contributed by atoms with Crippen LogP contribution in [-0.2, 0) is 4.79 Å². The van der Waals surface area contributed by atoms with Gasteiger partial charge in [0.15, 0.2) is 0 Å². The number of hydrogen-bond donors (Lipinski definition) is 1. The minimum absolute atomic E-state index is 0.0560. The van der Waals surface area contributed by atoms with Crippen LogP contribution >= 0.6 is 0 Å². The molecule has 3 heteroatoms. The van der Waals surface area contributed by atoms with E-state index >= 15 is 0 Å². The molecule has 1 heterocycles. The topological polar surface area (TPSA) is 42.2 Å². The third-order valence-corrected chi connectivity index (χ3v) is 4.45. The highest BCUT2D eigenvalue weighted by atomic mass is 16.4. The summed E-state index contributed by atoms with van der Waals surface area (Å²) in [4.78, 5) is 11.0. The van der Waals surface area contributed by atoms with Crippen LogP contribution < -0.4 is 0 Å². The summed E-state index contributed by atoms with van der Waals surface area (Å²) in [6, 6.07) is 11.1. The first-order valence-corrected chi connectivity index (χ1v) is 7.48. The van der Waals surface area contributed by atoms with Crippen molar-refractivity contribution in [2.45, 2.75) is 51.0 Å².